The van der Waals surface area contributed by atoms with Gasteiger partial charge in [0.1, 0.15) is 5.69 Å². The van der Waals surface area contributed by atoms with Gasteiger partial charge in [0.2, 0.25) is 0 Å². The number of benzene rings is 1. The number of nitrogens with zero attached hydrogens (tertiary/aromatic N) is 1. The number of carbonyl (C=O) groups excluding carboxylic acids is 1. The lowest BCUT2D eigenvalue weighted by atomic mass is 10.1. The molecule has 1 amide bonds. The fourth-order valence-electron chi connectivity index (χ4n) is 2.87. The van der Waals surface area contributed by atoms with E-state index in [9.17, 15) is 9.59 Å². The molecule has 0 spiro atoms. The van der Waals surface area contributed by atoms with E-state index >= 15 is 0 Å². The predicted molar refractivity (Wildman–Crippen MR) is 92.8 cm³/mol. The number of amides is 1. The molecule has 0 bridgehead atoms. The monoisotopic (exact) mass is 311 g/mol. The summed E-state index contributed by atoms with van der Waals surface area (Å²) in [5.74, 6) is 0.391. The number of aryl methyl sites for hydroxylation is 1. The van der Waals surface area contributed by atoms with Gasteiger partial charge in [-0.05, 0) is 24.5 Å². The van der Waals surface area contributed by atoms with Gasteiger partial charge in [-0.15, -0.1) is 0 Å². The maximum atomic E-state index is 12.4. The summed E-state index contributed by atoms with van der Waals surface area (Å²) in [6.45, 7) is 4.87. The van der Waals surface area contributed by atoms with Crippen LogP contribution in [0.1, 0.15) is 30.8 Å². The third-order valence-electron chi connectivity index (χ3n) is 4.15. The van der Waals surface area contributed by atoms with E-state index in [2.05, 4.69) is 24.1 Å². The van der Waals surface area contributed by atoms with Crippen molar-refractivity contribution in [3.8, 4) is 0 Å². The van der Waals surface area contributed by atoms with Crippen LogP contribution in [0.5, 0.6) is 0 Å². The van der Waals surface area contributed by atoms with E-state index in [4.69, 9.17) is 0 Å². The first-order chi connectivity index (χ1) is 11.0. The molecule has 0 saturated carbocycles. The molecule has 120 valence electrons. The number of para-hydroxylation sites is 1. The first-order valence-corrected chi connectivity index (χ1v) is 7.87. The van der Waals surface area contributed by atoms with Gasteiger partial charge in [-0.3, -0.25) is 9.59 Å². The molecule has 0 aliphatic heterocycles. The molecular formula is C18H21N3O2. The number of aromatic amines is 1. The average Bonchev–Trinajstić information content (AvgIpc) is 2.86. The molecule has 0 radical (unpaired) electrons. The van der Waals surface area contributed by atoms with E-state index in [1.807, 2.05) is 31.3 Å². The summed E-state index contributed by atoms with van der Waals surface area (Å²) in [5, 5.41) is 4.41. The van der Waals surface area contributed by atoms with Crippen molar-refractivity contribution in [3.63, 3.8) is 0 Å². The Balaban J connectivity index is 2.08. The molecule has 0 aliphatic carbocycles. The van der Waals surface area contributed by atoms with Gasteiger partial charge >= 0.3 is 0 Å². The molecule has 3 aromatic rings. The summed E-state index contributed by atoms with van der Waals surface area (Å²) < 4.78 is 1.80. The Morgan fingerprint density at radius 3 is 2.74 bits per heavy atom. The van der Waals surface area contributed by atoms with Crippen molar-refractivity contribution < 1.29 is 4.79 Å². The van der Waals surface area contributed by atoms with Crippen LogP contribution < -0.4 is 10.9 Å². The van der Waals surface area contributed by atoms with Crippen LogP contribution in [0.3, 0.4) is 0 Å². The fraction of sp³-hybridized carbons (Fsp3) is 0.333. The van der Waals surface area contributed by atoms with Gasteiger partial charge in [-0.2, -0.15) is 0 Å². The van der Waals surface area contributed by atoms with Crippen molar-refractivity contribution in [1.82, 2.24) is 14.9 Å². The lowest BCUT2D eigenvalue weighted by Gasteiger charge is -2.08. The smallest absolute Gasteiger partial charge is 0.267 e. The molecule has 0 saturated heterocycles. The van der Waals surface area contributed by atoms with Gasteiger partial charge in [0.05, 0.1) is 16.4 Å². The molecule has 2 aromatic heterocycles. The van der Waals surface area contributed by atoms with E-state index in [0.717, 1.165) is 22.8 Å². The van der Waals surface area contributed by atoms with Gasteiger partial charge in [-0.25, -0.2) is 0 Å². The first kappa shape index (κ1) is 15.3. The van der Waals surface area contributed by atoms with Crippen molar-refractivity contribution in [2.45, 2.75) is 20.3 Å². The SMILES string of the molecule is CC(C)CCNC(=O)c1cc2c(=O)[nH]c3ccccc3c2n1C. The molecule has 2 N–H and O–H groups in total. The predicted octanol–water partition coefficient (Wildman–Crippen LogP) is 2.80. The van der Waals surface area contributed by atoms with Crippen LogP contribution in [0.15, 0.2) is 35.1 Å². The Kier molecular flexibility index (Phi) is 3.94. The van der Waals surface area contributed by atoms with Gasteiger partial charge in [0.25, 0.3) is 11.5 Å². The maximum Gasteiger partial charge on any atom is 0.267 e. The molecule has 2 heterocycles. The quantitative estimate of drug-likeness (QED) is 0.778. The number of aromatic nitrogens is 2. The minimum atomic E-state index is -0.171. The highest BCUT2D eigenvalue weighted by atomic mass is 16.2. The zero-order chi connectivity index (χ0) is 16.6. The van der Waals surface area contributed by atoms with E-state index in [1.165, 1.54) is 0 Å². The van der Waals surface area contributed by atoms with Gasteiger partial charge in [-0.1, -0.05) is 32.0 Å². The van der Waals surface area contributed by atoms with Crippen molar-refractivity contribution in [3.05, 3.63) is 46.4 Å². The topological polar surface area (TPSA) is 66.9 Å². The molecule has 1 aromatic carbocycles. The van der Waals surface area contributed by atoms with E-state index in [0.29, 0.717) is 23.5 Å². The lowest BCUT2D eigenvalue weighted by Crippen LogP contribution is -2.27. The highest BCUT2D eigenvalue weighted by Crippen LogP contribution is 2.23. The minimum Gasteiger partial charge on any atom is -0.351 e. The Morgan fingerprint density at radius 1 is 1.26 bits per heavy atom. The molecule has 0 unspecified atom stereocenters. The molecule has 0 fully saturated rings. The Morgan fingerprint density at radius 2 is 2.00 bits per heavy atom. The number of H-pyrrole nitrogens is 1. The average molecular weight is 311 g/mol. The molecular weight excluding hydrogens is 290 g/mol. The summed E-state index contributed by atoms with van der Waals surface area (Å²) in [6, 6.07) is 9.30. The largest absolute Gasteiger partial charge is 0.351 e. The van der Waals surface area contributed by atoms with Crippen LogP contribution in [0, 0.1) is 5.92 Å². The second kappa shape index (κ2) is 5.91. The number of hydrogen-bond acceptors (Lipinski definition) is 2. The molecule has 5 heteroatoms. The summed E-state index contributed by atoms with van der Waals surface area (Å²) >= 11 is 0. The van der Waals surface area contributed by atoms with Crippen molar-refractivity contribution in [2.24, 2.45) is 13.0 Å². The molecule has 3 rings (SSSR count). The number of carbonyl (C=O) groups is 1. The number of rotatable bonds is 4. The lowest BCUT2D eigenvalue weighted by molar-refractivity contribution is 0.0944. The number of hydrogen-bond donors (Lipinski definition) is 2. The number of nitrogens with one attached hydrogen (secondary N) is 2. The van der Waals surface area contributed by atoms with Gasteiger partial charge < -0.3 is 14.9 Å². The molecule has 23 heavy (non-hydrogen) atoms. The van der Waals surface area contributed by atoms with Gasteiger partial charge in [0, 0.05) is 19.0 Å². The minimum absolute atomic E-state index is 0.146. The van der Waals surface area contributed by atoms with Crippen LogP contribution in [0.2, 0.25) is 0 Å². The Bertz CT molecular complexity index is 934. The highest BCUT2D eigenvalue weighted by molar-refractivity contribution is 6.07. The zero-order valence-electron chi connectivity index (χ0n) is 13.6. The third-order valence-corrected chi connectivity index (χ3v) is 4.15. The van der Waals surface area contributed by atoms with E-state index in [-0.39, 0.29) is 11.5 Å². The van der Waals surface area contributed by atoms with E-state index in [1.54, 1.807) is 10.6 Å². The van der Waals surface area contributed by atoms with Crippen LogP contribution in [-0.4, -0.2) is 22.0 Å². The maximum absolute atomic E-state index is 12.4. The van der Waals surface area contributed by atoms with Crippen LogP contribution in [0.25, 0.3) is 21.8 Å². The highest BCUT2D eigenvalue weighted by Gasteiger charge is 2.17. The summed E-state index contributed by atoms with van der Waals surface area (Å²) in [5.41, 5.74) is 1.90. The Labute approximate surface area is 134 Å². The second-order valence-electron chi connectivity index (χ2n) is 6.29. The normalized spacial score (nSPS) is 11.5. The standard InChI is InChI=1S/C18H21N3O2/c1-11(2)8-9-19-18(23)15-10-13-16(21(15)3)12-6-4-5-7-14(12)20-17(13)22/h4-7,10-11H,8-9H2,1-3H3,(H,19,23)(H,20,22). The molecule has 0 aliphatic rings. The van der Waals surface area contributed by atoms with Gasteiger partial charge in [0.15, 0.2) is 0 Å². The zero-order valence-corrected chi connectivity index (χ0v) is 13.6. The second-order valence-corrected chi connectivity index (χ2v) is 6.29. The van der Waals surface area contributed by atoms with Crippen molar-refractivity contribution in [2.75, 3.05) is 6.54 Å². The third kappa shape index (κ3) is 2.74. The molecule has 0 atom stereocenters. The summed E-state index contributed by atoms with van der Waals surface area (Å²) in [6.07, 6.45) is 0.930. The summed E-state index contributed by atoms with van der Waals surface area (Å²) in [7, 11) is 1.82. The Hall–Kier alpha value is -2.56. The summed E-state index contributed by atoms with van der Waals surface area (Å²) in [4.78, 5) is 27.6. The fourth-order valence-corrected chi connectivity index (χ4v) is 2.87. The molecule has 5 nitrogen and oxygen atoms in total. The number of pyridine rings is 1. The first-order valence-electron chi connectivity index (χ1n) is 7.87. The van der Waals surface area contributed by atoms with E-state index < -0.39 is 0 Å². The van der Waals surface area contributed by atoms with Crippen LogP contribution >= 0.6 is 0 Å². The number of fused-ring (bicyclic) bond motifs is 3. The van der Waals surface area contributed by atoms with Crippen molar-refractivity contribution in [1.29, 1.82) is 0 Å². The van der Waals surface area contributed by atoms with Crippen molar-refractivity contribution >= 4 is 27.7 Å². The van der Waals surface area contributed by atoms with Crippen LogP contribution in [-0.2, 0) is 7.05 Å². The van der Waals surface area contributed by atoms with Crippen LogP contribution in [0.4, 0.5) is 0 Å².